The Morgan fingerprint density at radius 1 is 0.455 bits per heavy atom. The summed E-state index contributed by atoms with van der Waals surface area (Å²) in [4.78, 5) is 6.47. The zero-order valence-electron chi connectivity index (χ0n) is 42.6. The van der Waals surface area contributed by atoms with E-state index in [0.29, 0.717) is 12.3 Å². The lowest BCUT2D eigenvalue weighted by molar-refractivity contribution is -0.274. The van der Waals surface area contributed by atoms with E-state index >= 15 is 0 Å². The minimum Gasteiger partial charge on any atom is -0.497 e. The van der Waals surface area contributed by atoms with Crippen molar-refractivity contribution in [2.75, 3.05) is 61.1 Å². The van der Waals surface area contributed by atoms with Gasteiger partial charge in [0.2, 0.25) is 30.1 Å². The number of fused-ring (bicyclic) bond motifs is 3. The summed E-state index contributed by atoms with van der Waals surface area (Å²) in [6.07, 6.45) is -6.49. The lowest BCUT2D eigenvalue weighted by Crippen LogP contribution is -2.41. The molecule has 0 amide bonds. The predicted molar refractivity (Wildman–Crippen MR) is 284 cm³/mol. The molecule has 414 valence electrons. The second-order valence-corrected chi connectivity index (χ2v) is 23.8. The average molecular weight is 1130 g/mol. The van der Waals surface area contributed by atoms with Gasteiger partial charge in [-0.05, 0) is 148 Å². The third-order valence-electron chi connectivity index (χ3n) is 13.3. The number of nitrogens with zero attached hydrogens (tertiary/aromatic N) is 3. The molecule has 3 atom stereocenters. The second kappa shape index (κ2) is 24.5. The molecule has 0 bridgehead atoms. The summed E-state index contributed by atoms with van der Waals surface area (Å²) in [6.45, 7) is 9.12. The van der Waals surface area contributed by atoms with Gasteiger partial charge < -0.3 is 24.2 Å². The van der Waals surface area contributed by atoms with E-state index in [0.717, 1.165) is 98.8 Å². The summed E-state index contributed by atoms with van der Waals surface area (Å²) < 4.78 is 165. The monoisotopic (exact) mass is 1130 g/mol. The highest BCUT2D eigenvalue weighted by atomic mass is 32.2. The average Bonchev–Trinajstić information content (AvgIpc) is 4.17. The second-order valence-electron chi connectivity index (χ2n) is 18.5. The number of hydrogen-bond acceptors (Lipinski definition) is 11. The highest BCUT2D eigenvalue weighted by Crippen LogP contribution is 2.33. The number of nitrogens with one attached hydrogen (secondary N) is 3. The van der Waals surface area contributed by atoms with Gasteiger partial charge >= 0.3 is 12.5 Å². The van der Waals surface area contributed by atoms with Crippen LogP contribution in [0.3, 0.4) is 0 Å². The molecule has 77 heavy (non-hydrogen) atoms. The first-order valence-electron chi connectivity index (χ1n) is 24.5. The van der Waals surface area contributed by atoms with Gasteiger partial charge in [0.15, 0.2) is 0 Å². The molecule has 0 radical (unpaired) electrons. The molecule has 0 aromatic heterocycles. The van der Waals surface area contributed by atoms with Crippen LogP contribution in [0.25, 0.3) is 0 Å². The van der Waals surface area contributed by atoms with Gasteiger partial charge in [-0.1, -0.05) is 54.6 Å². The minimum atomic E-state index is -4.82. The van der Waals surface area contributed by atoms with Crippen molar-refractivity contribution in [1.82, 2.24) is 14.2 Å². The number of para-hydroxylation sites is 3. The van der Waals surface area contributed by atoms with Crippen LogP contribution < -0.4 is 38.3 Å². The Morgan fingerprint density at radius 2 is 0.753 bits per heavy atom. The number of rotatable bonds is 17. The van der Waals surface area contributed by atoms with Crippen LogP contribution in [-0.4, -0.2) is 96.1 Å². The van der Waals surface area contributed by atoms with Crippen molar-refractivity contribution in [1.29, 1.82) is 0 Å². The van der Waals surface area contributed by atoms with Crippen LogP contribution in [0.15, 0.2) is 160 Å². The van der Waals surface area contributed by atoms with Crippen molar-refractivity contribution >= 4 is 47.1 Å². The van der Waals surface area contributed by atoms with Crippen molar-refractivity contribution in [3.8, 4) is 11.5 Å². The molecule has 0 saturated carbocycles. The number of methoxy groups -OCH3 is 1. The Hall–Kier alpha value is -6.37. The van der Waals surface area contributed by atoms with Crippen LogP contribution in [0.4, 0.5) is 43.4 Å². The fourth-order valence-corrected chi connectivity index (χ4v) is 12.5. The van der Waals surface area contributed by atoms with E-state index in [-0.39, 0.29) is 45.9 Å². The van der Waals surface area contributed by atoms with Gasteiger partial charge in [0.05, 0.1) is 27.4 Å². The smallest absolute Gasteiger partial charge is 0.497 e. The molecule has 6 aromatic rings. The third kappa shape index (κ3) is 15.2. The van der Waals surface area contributed by atoms with Crippen molar-refractivity contribution < 1.29 is 61.1 Å². The van der Waals surface area contributed by atoms with Gasteiger partial charge in [0.1, 0.15) is 11.5 Å². The fraction of sp³-hybridized carbons (Fsp3) is 0.333. The van der Waals surface area contributed by atoms with E-state index in [2.05, 4.69) is 57.9 Å². The molecule has 6 aromatic carbocycles. The SMILES string of the molecule is CC(CNS(=O)(=O)c1ccc(C(F)(F)F)cc1)N1CCc2ccccc21.CC(CNS(=O)(=O)c1ccc(OC(F)(F)F)cc1)N1CCc2ccccc21.COc1ccc(S(=O)(=O)NCC(C)N2CCc3ccccc32)cc1. The predicted octanol–water partition coefficient (Wildman–Crippen LogP) is 9.17. The highest BCUT2D eigenvalue weighted by Gasteiger charge is 2.33. The van der Waals surface area contributed by atoms with E-state index < -0.39 is 53.9 Å². The van der Waals surface area contributed by atoms with Crippen LogP contribution in [0.1, 0.15) is 43.0 Å². The molecule has 3 aliphatic heterocycles. The van der Waals surface area contributed by atoms with E-state index in [9.17, 15) is 51.6 Å². The number of ether oxygens (including phenoxy) is 2. The summed E-state index contributed by atoms with van der Waals surface area (Å²) in [5.41, 5.74) is 6.29. The molecule has 3 unspecified atom stereocenters. The maximum absolute atomic E-state index is 12.6. The number of benzene rings is 6. The normalized spacial score (nSPS) is 15.5. The molecule has 0 spiro atoms. The highest BCUT2D eigenvalue weighted by molar-refractivity contribution is 7.90. The summed E-state index contributed by atoms with van der Waals surface area (Å²) >= 11 is 0. The number of anilines is 3. The molecule has 0 saturated heterocycles. The molecule has 9 rings (SSSR count). The fourth-order valence-electron chi connectivity index (χ4n) is 9.13. The molecule has 3 N–H and O–H groups in total. The van der Waals surface area contributed by atoms with Gasteiger partial charge in [-0.2, -0.15) is 13.2 Å². The summed E-state index contributed by atoms with van der Waals surface area (Å²) in [6, 6.07) is 38.2. The molecule has 23 heteroatoms. The van der Waals surface area contributed by atoms with Crippen LogP contribution in [0, 0.1) is 0 Å². The lowest BCUT2D eigenvalue weighted by Gasteiger charge is -2.27. The minimum absolute atomic E-state index is 0.0729. The largest absolute Gasteiger partial charge is 0.573 e. The Labute approximate surface area is 446 Å². The summed E-state index contributed by atoms with van der Waals surface area (Å²) in [7, 11) is -9.67. The van der Waals surface area contributed by atoms with Crippen LogP contribution >= 0.6 is 0 Å². The van der Waals surface area contributed by atoms with Gasteiger partial charge in [0, 0.05) is 74.5 Å². The van der Waals surface area contributed by atoms with Crippen molar-refractivity contribution in [3.05, 3.63) is 168 Å². The molecular formula is C54H60F6N6O8S3. The standard InChI is InChI=1S/C18H19F3N2O3S.C18H19F3N2O2S.C18H22N2O3S/c1-13(23-11-10-14-4-2-3-5-17(14)23)12-22-27(24,25)16-8-6-15(7-9-16)26-18(19,20)21;1-13(23-11-10-14-4-2-3-5-17(14)23)12-22-26(24,25)16-8-6-15(7-9-16)18(19,20)21;1-14(20-12-11-15-5-3-4-6-18(15)20)13-19-24(21,22)17-9-7-16(23-2)8-10-17/h2-9,13,22H,10-12H2,1H3;2-9,13,22H,10-12H2,1H3;3-10,14,19H,11-13H2,1-2H3. The Bertz CT molecular complexity index is 3280. The van der Waals surface area contributed by atoms with Crippen molar-refractivity contribution in [2.45, 2.75) is 85.4 Å². The maximum atomic E-state index is 12.6. The number of sulfonamides is 3. The van der Waals surface area contributed by atoms with E-state index in [1.165, 1.54) is 22.4 Å². The number of hydrogen-bond donors (Lipinski definition) is 3. The first-order valence-corrected chi connectivity index (χ1v) is 29.0. The topological polar surface area (TPSA) is 167 Å². The zero-order chi connectivity index (χ0) is 55.8. The van der Waals surface area contributed by atoms with Crippen molar-refractivity contribution in [3.63, 3.8) is 0 Å². The molecule has 3 heterocycles. The Morgan fingerprint density at radius 3 is 1.05 bits per heavy atom. The van der Waals surface area contributed by atoms with E-state index in [4.69, 9.17) is 4.74 Å². The zero-order valence-corrected chi connectivity index (χ0v) is 45.0. The molecule has 0 fully saturated rings. The molecule has 0 aliphatic carbocycles. The number of alkyl halides is 6. The van der Waals surface area contributed by atoms with Gasteiger partial charge in [0.25, 0.3) is 0 Å². The quantitative estimate of drug-likeness (QED) is 0.0746. The maximum Gasteiger partial charge on any atom is 0.573 e. The summed E-state index contributed by atoms with van der Waals surface area (Å²) in [5, 5.41) is 0. The lowest BCUT2D eigenvalue weighted by atomic mass is 10.2. The van der Waals surface area contributed by atoms with Crippen LogP contribution in [0.2, 0.25) is 0 Å². The van der Waals surface area contributed by atoms with Crippen LogP contribution in [0.5, 0.6) is 11.5 Å². The Balaban J connectivity index is 0.000000168. The third-order valence-corrected chi connectivity index (χ3v) is 17.6. The number of halogens is 6. The van der Waals surface area contributed by atoms with Crippen molar-refractivity contribution in [2.24, 2.45) is 0 Å². The van der Waals surface area contributed by atoms with Gasteiger partial charge in [-0.25, -0.2) is 39.4 Å². The van der Waals surface area contributed by atoms with Crippen LogP contribution in [-0.2, 0) is 55.5 Å². The molecular weight excluding hydrogens is 1070 g/mol. The van der Waals surface area contributed by atoms with E-state index in [1.54, 1.807) is 31.4 Å². The van der Waals surface area contributed by atoms with E-state index in [1.807, 2.05) is 69.3 Å². The van der Waals surface area contributed by atoms with Gasteiger partial charge in [-0.3, -0.25) is 0 Å². The molecule has 3 aliphatic rings. The van der Waals surface area contributed by atoms with Gasteiger partial charge in [-0.15, -0.1) is 13.2 Å². The first kappa shape index (κ1) is 58.3. The summed E-state index contributed by atoms with van der Waals surface area (Å²) in [5.74, 6) is 0.166. The Kier molecular flexibility index (Phi) is 18.6. The molecule has 14 nitrogen and oxygen atoms in total. The first-order chi connectivity index (χ1) is 36.3.